The van der Waals surface area contributed by atoms with Crippen LogP contribution in [0, 0.1) is 0 Å². The van der Waals surface area contributed by atoms with Crippen molar-refractivity contribution in [1.29, 1.82) is 0 Å². The van der Waals surface area contributed by atoms with Crippen LogP contribution in [-0.4, -0.2) is 35.7 Å². The van der Waals surface area contributed by atoms with Gasteiger partial charge in [0.1, 0.15) is 0 Å². The number of rotatable bonds is 7. The van der Waals surface area contributed by atoms with Gasteiger partial charge >= 0.3 is 5.97 Å². The molecule has 0 atom stereocenters. The third-order valence-electron chi connectivity index (χ3n) is 4.37. The van der Waals surface area contributed by atoms with Gasteiger partial charge in [-0.15, -0.1) is 10.2 Å². The minimum Gasteiger partial charge on any atom is -0.465 e. The van der Waals surface area contributed by atoms with Crippen LogP contribution < -0.4 is 10.2 Å². The van der Waals surface area contributed by atoms with Gasteiger partial charge in [0.15, 0.2) is 11.5 Å². The van der Waals surface area contributed by atoms with Crippen LogP contribution in [0.15, 0.2) is 66.7 Å². The fourth-order valence-electron chi connectivity index (χ4n) is 2.78. The van der Waals surface area contributed by atoms with Crippen LogP contribution in [-0.2, 0) is 11.3 Å². The Bertz CT molecular complexity index is 958. The standard InChI is InChI=1S/C22H22N4O3/c1-3-26(15-16-7-5-4-6-8-16)20-14-13-19(24-25-20)21(27)23-18-11-9-17(10-12-18)22(28)29-2/h4-14H,3,15H2,1-2H3,(H,23,27). The number of carbonyl (C=O) groups excluding carboxylic acids is 2. The number of hydrogen-bond acceptors (Lipinski definition) is 6. The van der Waals surface area contributed by atoms with E-state index in [0.717, 1.165) is 6.54 Å². The SMILES string of the molecule is CCN(Cc1ccccc1)c1ccc(C(=O)Nc2ccc(C(=O)OC)cc2)nn1. The molecule has 2 aromatic carbocycles. The van der Waals surface area contributed by atoms with Gasteiger partial charge in [-0.25, -0.2) is 4.79 Å². The van der Waals surface area contributed by atoms with Gasteiger partial charge in [-0.05, 0) is 48.9 Å². The van der Waals surface area contributed by atoms with E-state index in [-0.39, 0.29) is 11.6 Å². The van der Waals surface area contributed by atoms with Crippen LogP contribution in [0.1, 0.15) is 33.3 Å². The normalized spacial score (nSPS) is 10.3. The van der Waals surface area contributed by atoms with Crippen molar-refractivity contribution in [2.75, 3.05) is 23.9 Å². The number of anilines is 2. The highest BCUT2D eigenvalue weighted by atomic mass is 16.5. The summed E-state index contributed by atoms with van der Waals surface area (Å²) in [5.41, 5.74) is 2.34. The fraction of sp³-hybridized carbons (Fsp3) is 0.182. The number of nitrogens with one attached hydrogen (secondary N) is 1. The summed E-state index contributed by atoms with van der Waals surface area (Å²) in [4.78, 5) is 26.0. The number of aromatic nitrogens is 2. The third-order valence-corrected chi connectivity index (χ3v) is 4.37. The molecular formula is C22H22N4O3. The molecule has 3 aromatic rings. The van der Waals surface area contributed by atoms with E-state index in [1.54, 1.807) is 36.4 Å². The summed E-state index contributed by atoms with van der Waals surface area (Å²) in [6, 6.07) is 20.0. The zero-order valence-corrected chi connectivity index (χ0v) is 16.3. The first-order chi connectivity index (χ1) is 14.1. The first-order valence-electron chi connectivity index (χ1n) is 9.23. The number of methoxy groups -OCH3 is 1. The third kappa shape index (κ3) is 5.16. The summed E-state index contributed by atoms with van der Waals surface area (Å²) in [6.45, 7) is 3.52. The molecule has 7 nitrogen and oxygen atoms in total. The van der Waals surface area contributed by atoms with Gasteiger partial charge in [0.2, 0.25) is 0 Å². The second-order valence-electron chi connectivity index (χ2n) is 6.30. The molecule has 1 aromatic heterocycles. The van der Waals surface area contributed by atoms with Gasteiger partial charge in [-0.3, -0.25) is 4.79 Å². The van der Waals surface area contributed by atoms with E-state index in [9.17, 15) is 9.59 Å². The summed E-state index contributed by atoms with van der Waals surface area (Å²) in [7, 11) is 1.32. The molecule has 0 unspecified atom stereocenters. The van der Waals surface area contributed by atoms with E-state index < -0.39 is 5.97 Å². The van der Waals surface area contributed by atoms with Crippen molar-refractivity contribution < 1.29 is 14.3 Å². The molecule has 0 saturated carbocycles. The molecule has 0 aliphatic carbocycles. The second kappa shape index (κ2) is 9.45. The van der Waals surface area contributed by atoms with Gasteiger partial charge in [-0.2, -0.15) is 0 Å². The molecule has 0 saturated heterocycles. The Labute approximate surface area is 169 Å². The summed E-state index contributed by atoms with van der Waals surface area (Å²) >= 11 is 0. The minimum absolute atomic E-state index is 0.210. The molecule has 0 aliphatic rings. The summed E-state index contributed by atoms with van der Waals surface area (Å²) in [5.74, 6) is -0.100. The number of hydrogen-bond donors (Lipinski definition) is 1. The van der Waals surface area contributed by atoms with Crippen LogP contribution >= 0.6 is 0 Å². The first kappa shape index (κ1) is 20.0. The zero-order chi connectivity index (χ0) is 20.6. The molecule has 0 radical (unpaired) electrons. The second-order valence-corrected chi connectivity index (χ2v) is 6.30. The lowest BCUT2D eigenvalue weighted by Gasteiger charge is -2.21. The van der Waals surface area contributed by atoms with Crippen molar-refractivity contribution >= 4 is 23.4 Å². The molecule has 0 fully saturated rings. The average Bonchev–Trinajstić information content (AvgIpc) is 2.78. The monoisotopic (exact) mass is 390 g/mol. The van der Waals surface area contributed by atoms with Crippen LogP contribution in [0.2, 0.25) is 0 Å². The van der Waals surface area contributed by atoms with Crippen LogP contribution in [0.4, 0.5) is 11.5 Å². The highest BCUT2D eigenvalue weighted by molar-refractivity contribution is 6.03. The molecular weight excluding hydrogens is 368 g/mol. The fourth-order valence-corrected chi connectivity index (χ4v) is 2.78. The molecule has 148 valence electrons. The zero-order valence-electron chi connectivity index (χ0n) is 16.3. The minimum atomic E-state index is -0.430. The largest absolute Gasteiger partial charge is 0.465 e. The van der Waals surface area contributed by atoms with Crippen molar-refractivity contribution in [2.45, 2.75) is 13.5 Å². The Balaban J connectivity index is 1.65. The van der Waals surface area contributed by atoms with E-state index in [2.05, 4.69) is 37.3 Å². The van der Waals surface area contributed by atoms with Crippen molar-refractivity contribution in [2.24, 2.45) is 0 Å². The summed E-state index contributed by atoms with van der Waals surface area (Å²) in [5, 5.41) is 11.0. The summed E-state index contributed by atoms with van der Waals surface area (Å²) in [6.07, 6.45) is 0. The molecule has 3 rings (SSSR count). The van der Waals surface area contributed by atoms with Crippen LogP contribution in [0.5, 0.6) is 0 Å². The number of ether oxygens (including phenoxy) is 1. The van der Waals surface area contributed by atoms with Crippen molar-refractivity contribution in [3.63, 3.8) is 0 Å². The van der Waals surface area contributed by atoms with Crippen molar-refractivity contribution in [1.82, 2.24) is 10.2 Å². The highest BCUT2D eigenvalue weighted by Crippen LogP contribution is 2.15. The quantitative estimate of drug-likeness (QED) is 0.621. The lowest BCUT2D eigenvalue weighted by atomic mass is 10.2. The Kier molecular flexibility index (Phi) is 6.52. The molecule has 29 heavy (non-hydrogen) atoms. The smallest absolute Gasteiger partial charge is 0.337 e. The Morgan fingerprint density at radius 3 is 2.28 bits per heavy atom. The van der Waals surface area contributed by atoms with E-state index in [1.165, 1.54) is 12.7 Å². The lowest BCUT2D eigenvalue weighted by Crippen LogP contribution is -2.24. The Hall–Kier alpha value is -3.74. The average molecular weight is 390 g/mol. The first-order valence-corrected chi connectivity index (χ1v) is 9.23. The maximum atomic E-state index is 12.4. The van der Waals surface area contributed by atoms with Gasteiger partial charge in [0.05, 0.1) is 12.7 Å². The lowest BCUT2D eigenvalue weighted by molar-refractivity contribution is 0.0600. The molecule has 0 spiro atoms. The number of amides is 1. The van der Waals surface area contributed by atoms with Gasteiger partial charge in [-0.1, -0.05) is 30.3 Å². The van der Waals surface area contributed by atoms with Crippen molar-refractivity contribution in [3.05, 3.63) is 83.6 Å². The number of nitrogens with zero attached hydrogens (tertiary/aromatic N) is 3. The van der Waals surface area contributed by atoms with E-state index in [0.29, 0.717) is 23.6 Å². The van der Waals surface area contributed by atoms with E-state index >= 15 is 0 Å². The maximum Gasteiger partial charge on any atom is 0.337 e. The highest BCUT2D eigenvalue weighted by Gasteiger charge is 2.12. The Morgan fingerprint density at radius 2 is 1.69 bits per heavy atom. The molecule has 1 heterocycles. The van der Waals surface area contributed by atoms with Gasteiger partial charge in [0.25, 0.3) is 5.91 Å². The number of benzene rings is 2. The summed E-state index contributed by atoms with van der Waals surface area (Å²) < 4.78 is 4.66. The predicted octanol–water partition coefficient (Wildman–Crippen LogP) is 3.54. The topological polar surface area (TPSA) is 84.4 Å². The predicted molar refractivity (Wildman–Crippen MR) is 111 cm³/mol. The Morgan fingerprint density at radius 1 is 0.966 bits per heavy atom. The van der Waals surface area contributed by atoms with Crippen LogP contribution in [0.3, 0.4) is 0 Å². The molecule has 0 bridgehead atoms. The molecule has 0 aliphatic heterocycles. The molecule has 7 heteroatoms. The van der Waals surface area contributed by atoms with Gasteiger partial charge < -0.3 is 15.0 Å². The molecule has 1 amide bonds. The van der Waals surface area contributed by atoms with E-state index in [1.807, 2.05) is 25.1 Å². The maximum absolute atomic E-state index is 12.4. The van der Waals surface area contributed by atoms with E-state index in [4.69, 9.17) is 0 Å². The number of carbonyl (C=O) groups is 2. The molecule has 1 N–H and O–H groups in total. The van der Waals surface area contributed by atoms with Crippen molar-refractivity contribution in [3.8, 4) is 0 Å². The van der Waals surface area contributed by atoms with Crippen LogP contribution in [0.25, 0.3) is 0 Å². The number of esters is 1. The van der Waals surface area contributed by atoms with Gasteiger partial charge in [0, 0.05) is 18.8 Å².